The molecular weight excluding hydrogens is 460 g/mol. The minimum atomic E-state index is -1.07. The summed E-state index contributed by atoms with van der Waals surface area (Å²) in [5, 5.41) is 0. The van der Waals surface area contributed by atoms with E-state index in [1.807, 2.05) is 48.4 Å². The highest BCUT2D eigenvalue weighted by Crippen LogP contribution is 2.30. The van der Waals surface area contributed by atoms with Crippen molar-refractivity contribution >= 4 is 5.91 Å². The minimum absolute atomic E-state index is 0.112. The van der Waals surface area contributed by atoms with E-state index in [4.69, 9.17) is 4.74 Å². The summed E-state index contributed by atoms with van der Waals surface area (Å²) in [6.45, 7) is 5.96. The fraction of sp³-hybridized carbons (Fsp3) is 0.414. The molecule has 0 N–H and O–H groups in total. The van der Waals surface area contributed by atoms with E-state index in [0.29, 0.717) is 44.8 Å². The number of carbonyl (C=O) groups excluding carboxylic acids is 1. The first-order valence-corrected chi connectivity index (χ1v) is 12.7. The Hall–Kier alpha value is -3.03. The molecule has 0 aromatic heterocycles. The highest BCUT2D eigenvalue weighted by Gasteiger charge is 2.37. The molecule has 2 aromatic rings. The molecular formula is C29H33F2N3O2. The Balaban J connectivity index is 1.32. The predicted octanol–water partition coefficient (Wildman–Crippen LogP) is 4.76. The van der Waals surface area contributed by atoms with E-state index in [2.05, 4.69) is 4.90 Å². The quantitative estimate of drug-likeness (QED) is 0.602. The number of amides is 1. The lowest BCUT2D eigenvalue weighted by molar-refractivity contribution is -0.132. The molecule has 0 spiro atoms. The molecule has 1 amide bonds. The van der Waals surface area contributed by atoms with Gasteiger partial charge in [0.1, 0.15) is 17.7 Å². The van der Waals surface area contributed by atoms with Crippen LogP contribution in [0.15, 0.2) is 72.1 Å². The molecule has 3 heterocycles. The van der Waals surface area contributed by atoms with Gasteiger partial charge in [0.25, 0.3) is 5.91 Å². The van der Waals surface area contributed by atoms with E-state index in [1.54, 1.807) is 17.0 Å². The van der Waals surface area contributed by atoms with Gasteiger partial charge in [-0.05, 0) is 48.6 Å². The summed E-state index contributed by atoms with van der Waals surface area (Å²) < 4.78 is 34.1. The van der Waals surface area contributed by atoms with Crippen molar-refractivity contribution in [2.24, 2.45) is 0 Å². The van der Waals surface area contributed by atoms with Crippen LogP contribution in [0, 0.1) is 5.82 Å². The number of rotatable bonds is 5. The lowest BCUT2D eigenvalue weighted by Gasteiger charge is -2.42. The number of piperidine rings is 1. The number of ether oxygens (including phenoxy) is 1. The lowest BCUT2D eigenvalue weighted by atomic mass is 9.98. The van der Waals surface area contributed by atoms with Crippen molar-refractivity contribution in [2.45, 2.75) is 38.5 Å². The Labute approximate surface area is 211 Å². The maximum absolute atomic E-state index is 15.2. The number of likely N-dealkylation sites (tertiary alicyclic amines) is 1. The molecule has 190 valence electrons. The van der Waals surface area contributed by atoms with Crippen molar-refractivity contribution in [3.05, 3.63) is 83.5 Å². The van der Waals surface area contributed by atoms with Crippen molar-refractivity contribution in [3.63, 3.8) is 0 Å². The van der Waals surface area contributed by atoms with Crippen molar-refractivity contribution in [1.29, 1.82) is 0 Å². The average molecular weight is 494 g/mol. The Kier molecular flexibility index (Phi) is 7.48. The third-order valence-corrected chi connectivity index (χ3v) is 7.34. The number of morpholine rings is 1. The first kappa shape index (κ1) is 24.7. The van der Waals surface area contributed by atoms with E-state index in [1.165, 1.54) is 12.1 Å². The first-order chi connectivity index (χ1) is 17.5. The molecule has 2 aromatic carbocycles. The van der Waals surface area contributed by atoms with Gasteiger partial charge in [-0.15, -0.1) is 0 Å². The second kappa shape index (κ2) is 10.9. The standard InChI is InChI=1S/C29H33F2N3O2/c1-21-6-11-28(29(35)33-13-12-27(26(31)20-33)32-14-16-36-17-15-32)34(18-21)19-23-4-2-3-5-25(23)22-7-9-24(30)10-8-22/h2-5,7-11,18,26-27H,6,12-17,19-20H2,1H3. The first-order valence-electron chi connectivity index (χ1n) is 12.7. The Morgan fingerprint density at radius 2 is 1.81 bits per heavy atom. The number of halogens is 2. The van der Waals surface area contributed by atoms with E-state index >= 15 is 4.39 Å². The number of carbonyl (C=O) groups is 1. The smallest absolute Gasteiger partial charge is 0.270 e. The fourth-order valence-electron chi connectivity index (χ4n) is 5.42. The van der Waals surface area contributed by atoms with Crippen LogP contribution in [0.2, 0.25) is 0 Å². The van der Waals surface area contributed by atoms with Crippen LogP contribution < -0.4 is 0 Å². The van der Waals surface area contributed by atoms with Crippen molar-refractivity contribution in [2.75, 3.05) is 39.4 Å². The van der Waals surface area contributed by atoms with Crippen LogP contribution >= 0.6 is 0 Å². The molecule has 2 fully saturated rings. The summed E-state index contributed by atoms with van der Waals surface area (Å²) in [7, 11) is 0. The zero-order valence-electron chi connectivity index (χ0n) is 20.7. The maximum atomic E-state index is 15.2. The van der Waals surface area contributed by atoms with Crippen molar-refractivity contribution in [1.82, 2.24) is 14.7 Å². The highest BCUT2D eigenvalue weighted by atomic mass is 19.1. The summed E-state index contributed by atoms with van der Waals surface area (Å²) in [4.78, 5) is 19.4. The molecule has 0 saturated carbocycles. The number of nitrogens with zero attached hydrogens (tertiary/aromatic N) is 3. The van der Waals surface area contributed by atoms with Crippen LogP contribution in [0.5, 0.6) is 0 Å². The topological polar surface area (TPSA) is 36.0 Å². The van der Waals surface area contributed by atoms with Gasteiger partial charge < -0.3 is 14.5 Å². The number of alkyl halides is 1. The molecule has 7 heteroatoms. The lowest BCUT2D eigenvalue weighted by Crippen LogP contribution is -2.56. The molecule has 0 bridgehead atoms. The second-order valence-electron chi connectivity index (χ2n) is 9.83. The second-order valence-corrected chi connectivity index (χ2v) is 9.83. The van der Waals surface area contributed by atoms with E-state index in [9.17, 15) is 9.18 Å². The van der Waals surface area contributed by atoms with Gasteiger partial charge in [0.2, 0.25) is 0 Å². The molecule has 5 nitrogen and oxygen atoms in total. The summed E-state index contributed by atoms with van der Waals surface area (Å²) in [5.74, 6) is -0.397. The van der Waals surface area contributed by atoms with Crippen molar-refractivity contribution < 1.29 is 18.3 Å². The SMILES string of the molecule is CC1=CN(Cc2ccccc2-c2ccc(F)cc2)C(C(=O)N2CCC(N3CCOCC3)C(F)C2)=CC1. The van der Waals surface area contributed by atoms with Gasteiger partial charge in [0.05, 0.1) is 19.8 Å². The summed E-state index contributed by atoms with van der Waals surface area (Å²) >= 11 is 0. The summed E-state index contributed by atoms with van der Waals surface area (Å²) in [6, 6.07) is 14.3. The molecule has 2 saturated heterocycles. The highest BCUT2D eigenvalue weighted by molar-refractivity contribution is 5.93. The van der Waals surface area contributed by atoms with Crippen LogP contribution in [0.3, 0.4) is 0 Å². The van der Waals surface area contributed by atoms with Gasteiger partial charge >= 0.3 is 0 Å². The number of allylic oxidation sites excluding steroid dienone is 2. The monoisotopic (exact) mass is 493 g/mol. The number of hydrogen-bond acceptors (Lipinski definition) is 4. The molecule has 3 aliphatic rings. The van der Waals surface area contributed by atoms with Gasteiger partial charge in [0, 0.05) is 38.4 Å². The van der Waals surface area contributed by atoms with Crippen LogP contribution in [0.25, 0.3) is 11.1 Å². The molecule has 2 unspecified atom stereocenters. The van der Waals surface area contributed by atoms with E-state index < -0.39 is 6.17 Å². The summed E-state index contributed by atoms with van der Waals surface area (Å²) in [6.07, 6.45) is 4.22. The minimum Gasteiger partial charge on any atom is -0.379 e. The molecule has 2 atom stereocenters. The van der Waals surface area contributed by atoms with Crippen LogP contribution in [-0.2, 0) is 16.1 Å². The summed E-state index contributed by atoms with van der Waals surface area (Å²) in [5.41, 5.74) is 4.69. The van der Waals surface area contributed by atoms with Gasteiger partial charge in [-0.3, -0.25) is 9.69 Å². The van der Waals surface area contributed by atoms with E-state index in [0.717, 1.165) is 35.4 Å². The predicted molar refractivity (Wildman–Crippen MR) is 136 cm³/mol. The van der Waals surface area contributed by atoms with Gasteiger partial charge in [0.15, 0.2) is 0 Å². The number of benzene rings is 2. The van der Waals surface area contributed by atoms with Gasteiger partial charge in [-0.1, -0.05) is 48.0 Å². The zero-order chi connectivity index (χ0) is 25.1. The third-order valence-electron chi connectivity index (χ3n) is 7.34. The molecule has 3 aliphatic heterocycles. The Bertz CT molecular complexity index is 1140. The average Bonchev–Trinajstić information content (AvgIpc) is 2.90. The third kappa shape index (κ3) is 5.37. The van der Waals surface area contributed by atoms with E-state index in [-0.39, 0.29) is 24.3 Å². The van der Waals surface area contributed by atoms with Crippen molar-refractivity contribution in [3.8, 4) is 11.1 Å². The van der Waals surface area contributed by atoms with Gasteiger partial charge in [-0.2, -0.15) is 0 Å². The molecule has 36 heavy (non-hydrogen) atoms. The number of hydrogen-bond donors (Lipinski definition) is 0. The van der Waals surface area contributed by atoms with Crippen LogP contribution in [0.4, 0.5) is 8.78 Å². The zero-order valence-corrected chi connectivity index (χ0v) is 20.7. The maximum Gasteiger partial charge on any atom is 0.270 e. The normalized spacial score (nSPS) is 23.3. The fourth-order valence-corrected chi connectivity index (χ4v) is 5.42. The van der Waals surface area contributed by atoms with Crippen LogP contribution in [0.1, 0.15) is 25.3 Å². The molecule has 5 rings (SSSR count). The molecule has 0 aliphatic carbocycles. The van der Waals surface area contributed by atoms with Crippen LogP contribution in [-0.4, -0.2) is 72.2 Å². The Morgan fingerprint density at radius 1 is 1.06 bits per heavy atom. The van der Waals surface area contributed by atoms with Gasteiger partial charge in [-0.25, -0.2) is 8.78 Å². The molecule has 0 radical (unpaired) electrons. The Morgan fingerprint density at radius 3 is 2.56 bits per heavy atom. The largest absolute Gasteiger partial charge is 0.379 e.